The van der Waals surface area contributed by atoms with Crippen LogP contribution in [-0.2, 0) is 9.59 Å². The van der Waals surface area contributed by atoms with Gasteiger partial charge in [-0.15, -0.1) is 11.8 Å². The zero-order chi connectivity index (χ0) is 19.0. The predicted octanol–water partition coefficient (Wildman–Crippen LogP) is 5.38. The molecule has 5 heteroatoms. The highest BCUT2D eigenvalue weighted by Gasteiger charge is 2.41. The van der Waals surface area contributed by atoms with E-state index in [1.807, 2.05) is 52.0 Å². The number of amides is 2. The Morgan fingerprint density at radius 2 is 1.62 bits per heavy atom. The van der Waals surface area contributed by atoms with Crippen LogP contribution in [0.2, 0.25) is 5.02 Å². The number of benzene rings is 2. The van der Waals surface area contributed by atoms with E-state index in [9.17, 15) is 9.59 Å². The van der Waals surface area contributed by atoms with Crippen molar-refractivity contribution in [3.05, 3.63) is 69.1 Å². The van der Waals surface area contributed by atoms with Gasteiger partial charge in [0.1, 0.15) is 0 Å². The van der Waals surface area contributed by atoms with Crippen molar-refractivity contribution in [1.29, 1.82) is 0 Å². The van der Waals surface area contributed by atoms with Crippen LogP contribution in [0.1, 0.15) is 30.5 Å². The highest BCUT2D eigenvalue weighted by molar-refractivity contribution is 8.04. The highest BCUT2D eigenvalue weighted by atomic mass is 35.5. The molecule has 3 nitrogen and oxygen atoms in total. The van der Waals surface area contributed by atoms with Gasteiger partial charge in [-0.1, -0.05) is 55.3 Å². The Balaban J connectivity index is 2.12. The van der Waals surface area contributed by atoms with Crippen molar-refractivity contribution in [2.45, 2.75) is 32.9 Å². The van der Waals surface area contributed by atoms with Gasteiger partial charge in [0.15, 0.2) is 0 Å². The van der Waals surface area contributed by atoms with Gasteiger partial charge < -0.3 is 0 Å². The fourth-order valence-corrected chi connectivity index (χ4v) is 4.13. The van der Waals surface area contributed by atoms with Gasteiger partial charge in [0.25, 0.3) is 11.8 Å². The summed E-state index contributed by atoms with van der Waals surface area (Å²) in [5, 5.41) is 0.766. The second kappa shape index (κ2) is 7.29. The van der Waals surface area contributed by atoms with Crippen molar-refractivity contribution >= 4 is 46.4 Å². The molecular formula is C21H20ClNO2S. The quantitative estimate of drug-likeness (QED) is 0.663. The van der Waals surface area contributed by atoms with Gasteiger partial charge in [-0.05, 0) is 43.2 Å². The Morgan fingerprint density at radius 3 is 2.19 bits per heavy atom. The lowest BCUT2D eigenvalue weighted by molar-refractivity contribution is -0.119. The Bertz CT molecular complexity index is 916. The molecule has 0 unspecified atom stereocenters. The van der Waals surface area contributed by atoms with Gasteiger partial charge in [-0.25, -0.2) is 4.90 Å². The van der Waals surface area contributed by atoms with Gasteiger partial charge in [0, 0.05) is 10.3 Å². The third-order valence-electron chi connectivity index (χ3n) is 4.13. The number of imide groups is 1. The van der Waals surface area contributed by atoms with E-state index in [2.05, 4.69) is 0 Å². The summed E-state index contributed by atoms with van der Waals surface area (Å²) >= 11 is 7.46. The zero-order valence-electron chi connectivity index (χ0n) is 15.2. The molecule has 0 radical (unpaired) electrons. The molecule has 0 atom stereocenters. The molecule has 0 bridgehead atoms. The average molecular weight is 386 g/mol. The number of hydrogen-bond donors (Lipinski definition) is 0. The minimum atomic E-state index is -0.285. The van der Waals surface area contributed by atoms with Gasteiger partial charge in [-0.3, -0.25) is 9.59 Å². The fraction of sp³-hybridized carbons (Fsp3) is 0.238. The third-order valence-corrected chi connectivity index (χ3v) is 5.46. The lowest BCUT2D eigenvalue weighted by Crippen LogP contribution is -2.32. The molecule has 3 rings (SSSR count). The van der Waals surface area contributed by atoms with Crippen LogP contribution in [0.25, 0.3) is 5.57 Å². The van der Waals surface area contributed by atoms with Crippen molar-refractivity contribution in [3.63, 3.8) is 0 Å². The number of thioether (sulfide) groups is 1. The van der Waals surface area contributed by atoms with E-state index < -0.39 is 0 Å². The summed E-state index contributed by atoms with van der Waals surface area (Å²) in [7, 11) is 0. The first-order chi connectivity index (χ1) is 12.3. The van der Waals surface area contributed by atoms with E-state index in [4.69, 9.17) is 11.6 Å². The van der Waals surface area contributed by atoms with E-state index in [1.165, 1.54) is 16.7 Å². The summed E-state index contributed by atoms with van der Waals surface area (Å²) in [4.78, 5) is 28.1. The molecule has 0 fully saturated rings. The number of carbonyl (C=O) groups excluding carboxylic acids is 2. The molecule has 0 aromatic heterocycles. The smallest absolute Gasteiger partial charge is 0.268 e. The summed E-state index contributed by atoms with van der Waals surface area (Å²) in [6.45, 7) is 7.87. The van der Waals surface area contributed by atoms with Crippen LogP contribution in [-0.4, -0.2) is 17.1 Å². The number of rotatable bonds is 4. The van der Waals surface area contributed by atoms with Gasteiger partial charge in [-0.2, -0.15) is 0 Å². The van der Waals surface area contributed by atoms with Crippen LogP contribution < -0.4 is 4.90 Å². The molecule has 2 aromatic rings. The maximum absolute atomic E-state index is 13.2. The number of nitrogens with zero attached hydrogens (tertiary/aromatic N) is 1. The zero-order valence-corrected chi connectivity index (χ0v) is 16.7. The van der Waals surface area contributed by atoms with Crippen molar-refractivity contribution in [1.82, 2.24) is 0 Å². The fourth-order valence-electron chi connectivity index (χ4n) is 2.92. The molecule has 26 heavy (non-hydrogen) atoms. The Labute approximate surface area is 163 Å². The van der Waals surface area contributed by atoms with Crippen LogP contribution in [0.4, 0.5) is 5.69 Å². The number of anilines is 1. The Hall–Kier alpha value is -2.04. The summed E-state index contributed by atoms with van der Waals surface area (Å²) in [6.07, 6.45) is 0. The molecular weight excluding hydrogens is 366 g/mol. The van der Waals surface area contributed by atoms with Crippen molar-refractivity contribution < 1.29 is 9.59 Å². The van der Waals surface area contributed by atoms with Crippen LogP contribution in [0.15, 0.2) is 47.4 Å². The first-order valence-electron chi connectivity index (χ1n) is 8.42. The third kappa shape index (κ3) is 3.44. The lowest BCUT2D eigenvalue weighted by atomic mass is 10.0. The van der Waals surface area contributed by atoms with Gasteiger partial charge in [0.2, 0.25) is 0 Å². The molecule has 0 N–H and O–H groups in total. The second-order valence-corrected chi connectivity index (χ2v) is 8.64. The van der Waals surface area contributed by atoms with Crippen LogP contribution in [0.3, 0.4) is 0 Å². The number of aryl methyl sites for hydroxylation is 2. The second-order valence-electron chi connectivity index (χ2n) is 6.61. The van der Waals surface area contributed by atoms with Crippen LogP contribution in [0, 0.1) is 13.8 Å². The summed E-state index contributed by atoms with van der Waals surface area (Å²) in [5.41, 5.74) is 3.72. The van der Waals surface area contributed by atoms with E-state index in [-0.39, 0.29) is 17.1 Å². The monoisotopic (exact) mass is 385 g/mol. The molecule has 0 spiro atoms. The summed E-state index contributed by atoms with van der Waals surface area (Å²) < 4.78 is 0. The summed E-state index contributed by atoms with van der Waals surface area (Å²) in [6, 6.07) is 12.9. The first kappa shape index (κ1) is 18.7. The molecule has 0 aliphatic carbocycles. The van der Waals surface area contributed by atoms with Gasteiger partial charge >= 0.3 is 0 Å². The molecule has 1 aliphatic heterocycles. The SMILES string of the molecule is Cc1ccc(C2=C(SC(C)C)C(=O)N(c3ccc(Cl)cc3C)C2=O)cc1. The standard InChI is InChI=1S/C21H20ClNO2S/c1-12(2)26-19-18(15-7-5-13(3)6-8-15)20(24)23(21(19)25)17-10-9-16(22)11-14(17)4/h5-12H,1-4H3. The average Bonchev–Trinajstić information content (AvgIpc) is 2.79. The summed E-state index contributed by atoms with van der Waals surface area (Å²) in [5.74, 6) is -0.554. The maximum Gasteiger partial charge on any atom is 0.272 e. The molecule has 0 saturated heterocycles. The molecule has 2 aromatic carbocycles. The largest absolute Gasteiger partial charge is 0.272 e. The highest BCUT2D eigenvalue weighted by Crippen LogP contribution is 2.40. The van der Waals surface area contributed by atoms with Crippen molar-refractivity contribution in [3.8, 4) is 0 Å². The molecule has 1 aliphatic rings. The number of hydrogen-bond acceptors (Lipinski definition) is 3. The molecule has 2 amide bonds. The van der Waals surface area contributed by atoms with Crippen LogP contribution in [0.5, 0.6) is 0 Å². The number of carbonyl (C=O) groups is 2. The first-order valence-corrected chi connectivity index (χ1v) is 9.68. The van der Waals surface area contributed by atoms with E-state index in [0.29, 0.717) is 21.2 Å². The lowest BCUT2D eigenvalue weighted by Gasteiger charge is -2.18. The van der Waals surface area contributed by atoms with E-state index in [1.54, 1.807) is 18.2 Å². The Morgan fingerprint density at radius 1 is 0.962 bits per heavy atom. The topological polar surface area (TPSA) is 37.4 Å². The van der Waals surface area contributed by atoms with Gasteiger partial charge in [0.05, 0.1) is 16.2 Å². The van der Waals surface area contributed by atoms with E-state index >= 15 is 0 Å². The minimum Gasteiger partial charge on any atom is -0.268 e. The molecule has 0 saturated carbocycles. The molecule has 1 heterocycles. The van der Waals surface area contributed by atoms with Crippen molar-refractivity contribution in [2.75, 3.05) is 4.90 Å². The van der Waals surface area contributed by atoms with Crippen molar-refractivity contribution in [2.24, 2.45) is 0 Å². The number of halogens is 1. The van der Waals surface area contributed by atoms with E-state index in [0.717, 1.165) is 16.7 Å². The predicted molar refractivity (Wildman–Crippen MR) is 110 cm³/mol. The maximum atomic E-state index is 13.2. The van der Waals surface area contributed by atoms with Crippen LogP contribution >= 0.6 is 23.4 Å². The minimum absolute atomic E-state index is 0.188. The normalized spacial score (nSPS) is 14.8. The molecule has 134 valence electrons. The Kier molecular flexibility index (Phi) is 5.26.